The van der Waals surface area contributed by atoms with E-state index in [9.17, 15) is 8.42 Å². The fraction of sp³-hybridized carbons (Fsp3) is 0.550. The van der Waals surface area contributed by atoms with Crippen molar-refractivity contribution in [2.24, 2.45) is 0 Å². The number of benzene rings is 1. The maximum Gasteiger partial charge on any atom is 0.227 e. The van der Waals surface area contributed by atoms with E-state index in [0.29, 0.717) is 26.1 Å². The molecule has 9 nitrogen and oxygen atoms in total. The molecule has 0 spiro atoms. The summed E-state index contributed by atoms with van der Waals surface area (Å²) in [4.78, 5) is 6.42. The first kappa shape index (κ1) is 21.0. The summed E-state index contributed by atoms with van der Waals surface area (Å²) in [5.74, 6) is 0.0938. The van der Waals surface area contributed by atoms with Crippen molar-refractivity contribution in [3.8, 4) is 0 Å². The largest absolute Gasteiger partial charge is 0.376 e. The zero-order valence-electron chi connectivity index (χ0n) is 17.3. The first-order valence-electron chi connectivity index (χ1n) is 10.2. The lowest BCUT2D eigenvalue weighted by Crippen LogP contribution is -2.25. The molecule has 4 rings (SSSR count). The minimum Gasteiger partial charge on any atom is -0.376 e. The Kier molecular flexibility index (Phi) is 6.16. The molecule has 0 aliphatic carbocycles. The van der Waals surface area contributed by atoms with Crippen molar-refractivity contribution in [1.82, 2.24) is 24.8 Å². The Morgan fingerprint density at radius 3 is 2.83 bits per heavy atom. The third-order valence-electron chi connectivity index (χ3n) is 5.27. The van der Waals surface area contributed by atoms with Crippen molar-refractivity contribution in [1.29, 1.82) is 0 Å². The van der Waals surface area contributed by atoms with Gasteiger partial charge in [-0.3, -0.25) is 4.90 Å². The van der Waals surface area contributed by atoms with Crippen molar-refractivity contribution < 1.29 is 17.8 Å². The van der Waals surface area contributed by atoms with Crippen molar-refractivity contribution in [2.45, 2.75) is 57.1 Å². The van der Waals surface area contributed by atoms with Crippen molar-refractivity contribution in [3.05, 3.63) is 35.7 Å². The van der Waals surface area contributed by atoms with Gasteiger partial charge >= 0.3 is 0 Å². The first-order valence-corrected chi connectivity index (χ1v) is 11.9. The molecule has 10 heteroatoms. The molecule has 1 atom stereocenters. The average Bonchev–Trinajstić information content (AvgIpc) is 3.44. The maximum atomic E-state index is 12.8. The first-order chi connectivity index (χ1) is 14.5. The molecule has 0 amide bonds. The molecule has 0 N–H and O–H groups in total. The maximum absolute atomic E-state index is 12.8. The second-order valence-corrected chi connectivity index (χ2v) is 9.86. The van der Waals surface area contributed by atoms with E-state index in [0.717, 1.165) is 41.7 Å². The number of sulfone groups is 1. The van der Waals surface area contributed by atoms with E-state index >= 15 is 0 Å². The number of hydrogen-bond acceptors (Lipinski definition) is 8. The third kappa shape index (κ3) is 4.55. The van der Waals surface area contributed by atoms with Gasteiger partial charge in [-0.25, -0.2) is 18.0 Å². The fourth-order valence-corrected chi connectivity index (χ4v) is 5.34. The van der Waals surface area contributed by atoms with E-state index in [2.05, 4.69) is 20.2 Å². The molecule has 162 valence electrons. The zero-order chi connectivity index (χ0) is 21.1. The Morgan fingerprint density at radius 1 is 1.23 bits per heavy atom. The molecule has 1 aromatic carbocycles. The lowest BCUT2D eigenvalue weighted by molar-refractivity contribution is 0.0934. The standard InChI is InChI=1S/C20H27N5O4S/c1-3-9-30(26,27)20-21-11-16(25(20)14-17-5-4-8-28-17)13-24(2)12-15-6-7-18-19(10-15)23-29-22-18/h6-7,10-11,17H,3-5,8-9,12-14H2,1-2H3/t17-/m1/s1. The highest BCUT2D eigenvalue weighted by Crippen LogP contribution is 2.21. The smallest absolute Gasteiger partial charge is 0.227 e. The predicted molar refractivity (Wildman–Crippen MR) is 111 cm³/mol. The van der Waals surface area contributed by atoms with Crippen molar-refractivity contribution in [3.63, 3.8) is 0 Å². The number of ether oxygens (including phenoxy) is 1. The van der Waals surface area contributed by atoms with Crippen LogP contribution in [0.15, 0.2) is 34.2 Å². The van der Waals surface area contributed by atoms with Crippen LogP contribution < -0.4 is 0 Å². The molecule has 1 aliphatic heterocycles. The van der Waals surface area contributed by atoms with Gasteiger partial charge in [0, 0.05) is 19.7 Å². The number of hydrogen-bond donors (Lipinski definition) is 0. The number of imidazole rings is 1. The lowest BCUT2D eigenvalue weighted by atomic mass is 10.2. The van der Waals surface area contributed by atoms with Gasteiger partial charge in [0.1, 0.15) is 11.0 Å². The molecule has 0 unspecified atom stereocenters. The summed E-state index contributed by atoms with van der Waals surface area (Å²) >= 11 is 0. The van der Waals surface area contributed by atoms with E-state index < -0.39 is 9.84 Å². The van der Waals surface area contributed by atoms with Crippen LogP contribution in [0.2, 0.25) is 0 Å². The van der Waals surface area contributed by atoms with Gasteiger partial charge in [0.2, 0.25) is 15.0 Å². The second kappa shape index (κ2) is 8.83. The lowest BCUT2D eigenvalue weighted by Gasteiger charge is -2.20. The highest BCUT2D eigenvalue weighted by molar-refractivity contribution is 7.91. The molecule has 0 bridgehead atoms. The molecule has 1 aliphatic rings. The molecular weight excluding hydrogens is 406 g/mol. The Morgan fingerprint density at radius 2 is 2.07 bits per heavy atom. The average molecular weight is 434 g/mol. The summed E-state index contributed by atoms with van der Waals surface area (Å²) in [6.45, 7) is 4.34. The van der Waals surface area contributed by atoms with Gasteiger partial charge in [-0.15, -0.1) is 0 Å². The third-order valence-corrected chi connectivity index (χ3v) is 7.09. The van der Waals surface area contributed by atoms with Gasteiger partial charge in [-0.2, -0.15) is 0 Å². The topological polar surface area (TPSA) is 103 Å². The van der Waals surface area contributed by atoms with Gasteiger partial charge < -0.3 is 9.30 Å². The second-order valence-electron chi connectivity index (χ2n) is 7.86. The summed E-state index contributed by atoms with van der Waals surface area (Å²) < 4.78 is 37.9. The van der Waals surface area contributed by atoms with Gasteiger partial charge in [-0.1, -0.05) is 13.0 Å². The van der Waals surface area contributed by atoms with Gasteiger partial charge in [-0.05, 0) is 54.3 Å². The monoisotopic (exact) mass is 433 g/mol. The van der Waals surface area contributed by atoms with Gasteiger partial charge in [0.25, 0.3) is 0 Å². The number of rotatable bonds is 9. The van der Waals surface area contributed by atoms with Crippen molar-refractivity contribution >= 4 is 20.9 Å². The Labute approximate surface area is 175 Å². The summed E-state index contributed by atoms with van der Waals surface area (Å²) in [5.41, 5.74) is 3.38. The molecule has 3 aromatic rings. The minimum atomic E-state index is -3.42. The van der Waals surface area contributed by atoms with E-state index in [1.54, 1.807) is 6.20 Å². The fourth-order valence-electron chi connectivity index (χ4n) is 3.88. The molecule has 3 heterocycles. The Bertz CT molecular complexity index is 1100. The van der Waals surface area contributed by atoms with E-state index in [4.69, 9.17) is 9.37 Å². The predicted octanol–water partition coefficient (Wildman–Crippen LogP) is 2.41. The SMILES string of the molecule is CCCS(=O)(=O)c1ncc(CN(C)Cc2ccc3nonc3c2)n1C[C@H]1CCCO1. The number of aromatic nitrogens is 4. The molecule has 0 saturated carbocycles. The van der Waals surface area contributed by atoms with Crippen LogP contribution in [-0.4, -0.2) is 58.7 Å². The Balaban J connectivity index is 1.54. The highest BCUT2D eigenvalue weighted by Gasteiger charge is 2.26. The Hall–Kier alpha value is -2.30. The summed E-state index contributed by atoms with van der Waals surface area (Å²) in [6, 6.07) is 5.82. The molecular formula is C20H27N5O4S. The van der Waals surface area contributed by atoms with Crippen LogP contribution in [0.4, 0.5) is 0 Å². The van der Waals surface area contributed by atoms with Crippen LogP contribution in [0.5, 0.6) is 0 Å². The van der Waals surface area contributed by atoms with Gasteiger partial charge in [0.05, 0.1) is 30.3 Å². The number of nitrogens with zero attached hydrogens (tertiary/aromatic N) is 5. The van der Waals surface area contributed by atoms with E-state index in [1.165, 1.54) is 0 Å². The van der Waals surface area contributed by atoms with Crippen LogP contribution in [-0.2, 0) is 34.2 Å². The van der Waals surface area contributed by atoms with Crippen LogP contribution in [0.1, 0.15) is 37.4 Å². The van der Waals surface area contributed by atoms with Crippen LogP contribution >= 0.6 is 0 Å². The van der Waals surface area contributed by atoms with Crippen LogP contribution in [0.25, 0.3) is 11.0 Å². The molecule has 1 saturated heterocycles. The molecule has 1 fully saturated rings. The normalized spacial score (nSPS) is 17.4. The van der Waals surface area contributed by atoms with Crippen LogP contribution in [0, 0.1) is 0 Å². The molecule has 0 radical (unpaired) electrons. The minimum absolute atomic E-state index is 0.0286. The number of fused-ring (bicyclic) bond motifs is 1. The summed E-state index contributed by atoms with van der Waals surface area (Å²) in [6.07, 6.45) is 4.21. The molecule has 2 aromatic heterocycles. The zero-order valence-corrected chi connectivity index (χ0v) is 18.1. The van der Waals surface area contributed by atoms with Crippen LogP contribution in [0.3, 0.4) is 0 Å². The van der Waals surface area contributed by atoms with Gasteiger partial charge in [0.15, 0.2) is 0 Å². The van der Waals surface area contributed by atoms with Crippen molar-refractivity contribution in [2.75, 3.05) is 19.4 Å². The summed E-state index contributed by atoms with van der Waals surface area (Å²) in [7, 11) is -1.43. The summed E-state index contributed by atoms with van der Waals surface area (Å²) in [5, 5.41) is 7.87. The molecule has 30 heavy (non-hydrogen) atoms. The highest BCUT2D eigenvalue weighted by atomic mass is 32.2. The van der Waals surface area contributed by atoms with E-state index in [1.807, 2.05) is 36.7 Å². The quantitative estimate of drug-likeness (QED) is 0.507. The van der Waals surface area contributed by atoms with E-state index in [-0.39, 0.29) is 17.0 Å².